The molecule has 1 aliphatic heterocycles. The lowest BCUT2D eigenvalue weighted by Crippen LogP contribution is -2.43. The van der Waals surface area contributed by atoms with Crippen LogP contribution in [0.2, 0.25) is 4.34 Å². The topological polar surface area (TPSA) is 112 Å². The summed E-state index contributed by atoms with van der Waals surface area (Å²) in [7, 11) is 0. The fourth-order valence-electron chi connectivity index (χ4n) is 3.72. The summed E-state index contributed by atoms with van der Waals surface area (Å²) in [5, 5.41) is 15.3. The van der Waals surface area contributed by atoms with Crippen LogP contribution in [0.1, 0.15) is 66.7 Å². The summed E-state index contributed by atoms with van der Waals surface area (Å²) in [6, 6.07) is 7.67. The van der Waals surface area contributed by atoms with Crippen molar-refractivity contribution in [1.82, 2.24) is 15.2 Å². The number of carboxylic acid groups (broad SMARTS) is 1. The number of aromatic carboxylic acids is 1. The number of fused-ring (bicyclic) bond motifs is 1. The van der Waals surface area contributed by atoms with E-state index in [-0.39, 0.29) is 23.6 Å². The molecule has 0 unspecified atom stereocenters. The van der Waals surface area contributed by atoms with Crippen LogP contribution in [0.3, 0.4) is 0 Å². The Labute approximate surface area is 215 Å². The molecule has 0 fully saturated rings. The van der Waals surface area contributed by atoms with Crippen molar-refractivity contribution in [3.05, 3.63) is 66.3 Å². The average Bonchev–Trinajstić information content (AvgIpc) is 3.43. The molecule has 0 saturated carbocycles. The fraction of sp³-hybridized carbons (Fsp3) is 0.333. The summed E-state index contributed by atoms with van der Waals surface area (Å²) in [4.78, 5) is 45.4. The van der Waals surface area contributed by atoms with Gasteiger partial charge >= 0.3 is 5.97 Å². The van der Waals surface area contributed by atoms with Crippen LogP contribution in [0.25, 0.3) is 0 Å². The van der Waals surface area contributed by atoms with Gasteiger partial charge in [-0.15, -0.1) is 22.7 Å². The van der Waals surface area contributed by atoms with Crippen LogP contribution in [0, 0.1) is 0 Å². The Hall–Kier alpha value is -2.79. The van der Waals surface area contributed by atoms with Gasteiger partial charge in [0.05, 0.1) is 20.5 Å². The molecule has 0 atom stereocenters. The lowest BCUT2D eigenvalue weighted by molar-refractivity contribution is 0.0696. The first-order valence-electron chi connectivity index (χ1n) is 11.0. The van der Waals surface area contributed by atoms with Crippen molar-refractivity contribution in [3.8, 4) is 0 Å². The molecule has 1 aromatic carbocycles. The molecule has 2 amide bonds. The second-order valence-electron chi connectivity index (χ2n) is 9.15. The van der Waals surface area contributed by atoms with Crippen molar-refractivity contribution in [2.24, 2.45) is 0 Å². The molecule has 3 heterocycles. The van der Waals surface area contributed by atoms with Gasteiger partial charge in [0.2, 0.25) is 0 Å². The Morgan fingerprint density at radius 2 is 1.91 bits per heavy atom. The normalized spacial score (nSPS) is 13.8. The van der Waals surface area contributed by atoms with Gasteiger partial charge in [-0.05, 0) is 50.6 Å². The lowest BCUT2D eigenvalue weighted by atomic mass is 10.0. The van der Waals surface area contributed by atoms with E-state index in [1.54, 1.807) is 18.2 Å². The molecule has 0 aliphatic carbocycles. The predicted molar refractivity (Wildman–Crippen MR) is 138 cm³/mol. The van der Waals surface area contributed by atoms with Gasteiger partial charge in [0.25, 0.3) is 11.8 Å². The third kappa shape index (κ3) is 5.90. The highest BCUT2D eigenvalue weighted by Gasteiger charge is 2.29. The van der Waals surface area contributed by atoms with Gasteiger partial charge in [0.1, 0.15) is 0 Å². The smallest absolute Gasteiger partial charge is 0.335 e. The zero-order valence-electron chi connectivity index (χ0n) is 19.5. The molecule has 2 aromatic heterocycles. The van der Waals surface area contributed by atoms with E-state index in [4.69, 9.17) is 11.6 Å². The van der Waals surface area contributed by atoms with E-state index >= 15 is 0 Å². The molecule has 1 aliphatic rings. The zero-order chi connectivity index (χ0) is 25.3. The minimum atomic E-state index is -1.11. The lowest BCUT2D eigenvalue weighted by Gasteiger charge is -2.37. The Morgan fingerprint density at radius 1 is 1.14 bits per heavy atom. The number of halogens is 1. The standard InChI is InChI=1S/C24H25ClN4O4S2/c1-24(2,3)29-9-8-15-18(12-29)35-22(28-15)21(31)27-16-10-13(23(32)33)4-5-14(16)11-26-20(30)17-6-7-19(25)34-17/h4-7,10H,8-9,11-12H2,1-3H3,(H,26,30)(H,27,31)(H,32,33). The zero-order valence-corrected chi connectivity index (χ0v) is 21.9. The Kier molecular flexibility index (Phi) is 7.27. The fourth-order valence-corrected chi connectivity index (χ4v) is 5.70. The quantitative estimate of drug-likeness (QED) is 0.416. The van der Waals surface area contributed by atoms with Crippen LogP contribution in [-0.2, 0) is 19.5 Å². The number of hydrogen-bond acceptors (Lipinski definition) is 7. The molecule has 3 N–H and O–H groups in total. The number of aromatic nitrogens is 1. The number of hydrogen-bond donors (Lipinski definition) is 3. The second-order valence-corrected chi connectivity index (χ2v) is 11.9. The molecular weight excluding hydrogens is 508 g/mol. The van der Waals surface area contributed by atoms with Crippen molar-refractivity contribution >= 4 is 57.7 Å². The summed E-state index contributed by atoms with van der Waals surface area (Å²) in [5.41, 5.74) is 1.86. The second kappa shape index (κ2) is 10.1. The molecule has 0 spiro atoms. The number of amides is 2. The first-order chi connectivity index (χ1) is 16.5. The van der Waals surface area contributed by atoms with Gasteiger partial charge in [-0.1, -0.05) is 17.7 Å². The molecule has 0 radical (unpaired) electrons. The van der Waals surface area contributed by atoms with Crippen molar-refractivity contribution in [3.63, 3.8) is 0 Å². The third-order valence-electron chi connectivity index (χ3n) is 5.72. The van der Waals surface area contributed by atoms with E-state index in [1.807, 2.05) is 0 Å². The van der Waals surface area contributed by atoms with Crippen LogP contribution in [0.15, 0.2) is 30.3 Å². The van der Waals surface area contributed by atoms with Crippen molar-refractivity contribution in [1.29, 1.82) is 0 Å². The number of nitrogens with zero attached hydrogens (tertiary/aromatic N) is 2. The molecule has 35 heavy (non-hydrogen) atoms. The number of thiazole rings is 1. The van der Waals surface area contributed by atoms with Crippen molar-refractivity contribution < 1.29 is 19.5 Å². The highest BCUT2D eigenvalue weighted by Crippen LogP contribution is 2.30. The number of carbonyl (C=O) groups is 3. The minimum Gasteiger partial charge on any atom is -0.478 e. The van der Waals surface area contributed by atoms with Crippen LogP contribution in [0.5, 0.6) is 0 Å². The summed E-state index contributed by atoms with van der Waals surface area (Å²) >= 11 is 8.42. The maximum Gasteiger partial charge on any atom is 0.335 e. The van der Waals surface area contributed by atoms with Gasteiger partial charge in [0, 0.05) is 42.2 Å². The predicted octanol–water partition coefficient (Wildman–Crippen LogP) is 4.90. The minimum absolute atomic E-state index is 0.0230. The molecule has 8 nitrogen and oxygen atoms in total. The summed E-state index contributed by atoms with van der Waals surface area (Å²) in [6.07, 6.45) is 0.773. The Balaban J connectivity index is 1.52. The van der Waals surface area contributed by atoms with Crippen LogP contribution in [-0.4, -0.2) is 44.9 Å². The number of carbonyl (C=O) groups excluding carboxylic acids is 2. The molecule has 0 saturated heterocycles. The van der Waals surface area contributed by atoms with E-state index in [1.165, 1.54) is 23.5 Å². The van der Waals surface area contributed by atoms with E-state index in [9.17, 15) is 19.5 Å². The van der Waals surface area contributed by atoms with Crippen LogP contribution >= 0.6 is 34.3 Å². The third-order valence-corrected chi connectivity index (χ3v) is 8.03. The highest BCUT2D eigenvalue weighted by molar-refractivity contribution is 7.18. The summed E-state index contributed by atoms with van der Waals surface area (Å²) in [6.45, 7) is 8.20. The molecule has 4 rings (SSSR count). The van der Waals surface area contributed by atoms with Crippen molar-refractivity contribution in [2.75, 3.05) is 11.9 Å². The van der Waals surface area contributed by atoms with E-state index in [2.05, 4.69) is 41.3 Å². The SMILES string of the molecule is CC(C)(C)N1CCc2nc(C(=O)Nc3cc(C(=O)O)ccc3CNC(=O)c3ccc(Cl)s3)sc2C1. The van der Waals surface area contributed by atoms with Gasteiger partial charge in [-0.3, -0.25) is 14.5 Å². The first kappa shape index (κ1) is 25.3. The molecule has 0 bridgehead atoms. The van der Waals surface area contributed by atoms with Gasteiger partial charge < -0.3 is 15.7 Å². The van der Waals surface area contributed by atoms with Gasteiger partial charge in [0.15, 0.2) is 5.01 Å². The van der Waals surface area contributed by atoms with E-state index in [0.29, 0.717) is 25.5 Å². The van der Waals surface area contributed by atoms with Gasteiger partial charge in [-0.2, -0.15) is 0 Å². The maximum absolute atomic E-state index is 13.1. The number of nitrogens with one attached hydrogen (secondary N) is 2. The molecule has 184 valence electrons. The van der Waals surface area contributed by atoms with Crippen molar-refractivity contribution in [2.45, 2.75) is 45.8 Å². The average molecular weight is 533 g/mol. The van der Waals surface area contributed by atoms with Crippen LogP contribution in [0.4, 0.5) is 5.69 Å². The Morgan fingerprint density at radius 3 is 2.57 bits per heavy atom. The van der Waals surface area contributed by atoms with Gasteiger partial charge in [-0.25, -0.2) is 9.78 Å². The first-order valence-corrected chi connectivity index (χ1v) is 13.0. The molecule has 3 aromatic rings. The number of carboxylic acids is 1. The monoisotopic (exact) mass is 532 g/mol. The Bertz CT molecular complexity index is 1290. The van der Waals surface area contributed by atoms with Crippen LogP contribution < -0.4 is 10.6 Å². The summed E-state index contributed by atoms with van der Waals surface area (Å²) < 4.78 is 0.505. The highest BCUT2D eigenvalue weighted by atomic mass is 35.5. The number of rotatable bonds is 6. The molecular formula is C24H25ClN4O4S2. The maximum atomic E-state index is 13.1. The number of benzene rings is 1. The van der Waals surface area contributed by atoms with E-state index < -0.39 is 11.9 Å². The number of anilines is 1. The number of thiophene rings is 1. The van der Waals surface area contributed by atoms with E-state index in [0.717, 1.165) is 41.4 Å². The summed E-state index contributed by atoms with van der Waals surface area (Å²) in [5.74, 6) is -1.83. The molecule has 11 heteroatoms. The largest absolute Gasteiger partial charge is 0.478 e.